The first kappa shape index (κ1) is 12.5. The highest BCUT2D eigenvalue weighted by Gasteiger charge is 2.04. The van der Waals surface area contributed by atoms with E-state index in [0.29, 0.717) is 5.56 Å². The Bertz CT molecular complexity index is 421. The van der Waals surface area contributed by atoms with Gasteiger partial charge in [0, 0.05) is 9.13 Å². The van der Waals surface area contributed by atoms with Gasteiger partial charge in [0.1, 0.15) is 5.75 Å². The Hall–Kier alpha value is -0.580. The fraction of sp³-hybridized carbons (Fsp3) is 0. The summed E-state index contributed by atoms with van der Waals surface area (Å²) in [6.07, 6.45) is 1.34. The first-order chi connectivity index (χ1) is 7.00. The van der Waals surface area contributed by atoms with Crippen molar-refractivity contribution in [1.82, 2.24) is 5.43 Å². The molecule has 7 heteroatoms. The molecule has 0 aromatic heterocycles. The highest BCUT2D eigenvalue weighted by molar-refractivity contribution is 14.1. The van der Waals surface area contributed by atoms with Gasteiger partial charge in [-0.1, -0.05) is 0 Å². The smallest absolute Gasteiger partial charge is 0.332 e. The molecule has 0 radical (unpaired) electrons. The van der Waals surface area contributed by atoms with E-state index in [2.05, 4.69) is 33.1 Å². The van der Waals surface area contributed by atoms with Gasteiger partial charge < -0.3 is 10.8 Å². The van der Waals surface area contributed by atoms with Gasteiger partial charge in [-0.15, -0.1) is 0 Å². The molecule has 0 saturated carbocycles. The minimum atomic E-state index is -0.744. The SMILES string of the molecule is NC(=O)N/N=C/c1cc(I)cc(I)c1O. The summed E-state index contributed by atoms with van der Waals surface area (Å²) in [6, 6.07) is 2.82. The summed E-state index contributed by atoms with van der Waals surface area (Å²) in [7, 11) is 0. The summed E-state index contributed by atoms with van der Waals surface area (Å²) in [6.45, 7) is 0. The minimum Gasteiger partial charge on any atom is -0.506 e. The van der Waals surface area contributed by atoms with Gasteiger partial charge >= 0.3 is 6.03 Å². The van der Waals surface area contributed by atoms with Crippen LogP contribution in [0.25, 0.3) is 0 Å². The third-order valence-corrected chi connectivity index (χ3v) is 2.88. The number of phenolic OH excluding ortho intramolecular Hbond substituents is 1. The van der Waals surface area contributed by atoms with Crippen LogP contribution in [-0.2, 0) is 0 Å². The van der Waals surface area contributed by atoms with E-state index in [1.54, 1.807) is 6.07 Å². The number of hydrogen-bond acceptors (Lipinski definition) is 3. The summed E-state index contributed by atoms with van der Waals surface area (Å²) in [5.74, 6) is 0.131. The average Bonchev–Trinajstić information content (AvgIpc) is 2.12. The first-order valence-corrected chi connectivity index (χ1v) is 5.93. The normalized spacial score (nSPS) is 10.5. The third-order valence-electron chi connectivity index (χ3n) is 1.44. The molecule has 0 unspecified atom stereocenters. The van der Waals surface area contributed by atoms with Gasteiger partial charge in [0.25, 0.3) is 0 Å². The topological polar surface area (TPSA) is 87.7 Å². The molecule has 0 aliphatic carbocycles. The number of phenols is 1. The summed E-state index contributed by atoms with van der Waals surface area (Å²) in [5, 5.41) is 13.2. The molecule has 0 saturated heterocycles. The number of primary amides is 1. The zero-order valence-electron chi connectivity index (χ0n) is 7.37. The van der Waals surface area contributed by atoms with E-state index in [1.807, 2.05) is 28.7 Å². The van der Waals surface area contributed by atoms with Crippen molar-refractivity contribution >= 4 is 57.4 Å². The van der Waals surface area contributed by atoms with Gasteiger partial charge in [0.2, 0.25) is 0 Å². The number of nitrogens with two attached hydrogens (primary N) is 1. The zero-order valence-corrected chi connectivity index (χ0v) is 11.7. The summed E-state index contributed by atoms with van der Waals surface area (Å²) in [4.78, 5) is 10.3. The second-order valence-corrected chi connectivity index (χ2v) is 4.97. The van der Waals surface area contributed by atoms with Crippen LogP contribution in [0, 0.1) is 7.14 Å². The third kappa shape index (κ3) is 3.81. The first-order valence-electron chi connectivity index (χ1n) is 3.77. The predicted molar refractivity (Wildman–Crippen MR) is 73.9 cm³/mol. The zero-order chi connectivity index (χ0) is 11.4. The van der Waals surface area contributed by atoms with Gasteiger partial charge in [-0.2, -0.15) is 5.10 Å². The maximum Gasteiger partial charge on any atom is 0.332 e. The lowest BCUT2D eigenvalue weighted by molar-refractivity contribution is 0.249. The van der Waals surface area contributed by atoms with Crippen LogP contribution in [0.3, 0.4) is 0 Å². The maximum absolute atomic E-state index is 10.3. The van der Waals surface area contributed by atoms with Crippen LogP contribution < -0.4 is 11.2 Å². The molecule has 1 aromatic carbocycles. The second kappa shape index (κ2) is 5.49. The molecule has 0 aliphatic rings. The van der Waals surface area contributed by atoms with Crippen molar-refractivity contribution in [1.29, 1.82) is 0 Å². The molecule has 2 amide bonds. The standard InChI is InChI=1S/C8H7I2N3O2/c9-5-1-4(3-12-13-8(11)15)7(14)6(10)2-5/h1-3,14H,(H3,11,13,15)/b12-3+. The number of rotatable bonds is 2. The Morgan fingerprint density at radius 2 is 2.20 bits per heavy atom. The molecule has 0 fully saturated rings. The number of urea groups is 1. The molecular weight excluding hydrogens is 424 g/mol. The van der Waals surface area contributed by atoms with Crippen LogP contribution in [-0.4, -0.2) is 17.4 Å². The van der Waals surface area contributed by atoms with Crippen LogP contribution >= 0.6 is 45.2 Å². The molecule has 1 aromatic rings. The number of carbonyl (C=O) groups excluding carboxylic acids is 1. The van der Waals surface area contributed by atoms with E-state index >= 15 is 0 Å². The average molecular weight is 431 g/mol. The largest absolute Gasteiger partial charge is 0.506 e. The molecule has 0 atom stereocenters. The lowest BCUT2D eigenvalue weighted by atomic mass is 10.2. The molecule has 15 heavy (non-hydrogen) atoms. The van der Waals surface area contributed by atoms with Crippen molar-refractivity contribution in [3.63, 3.8) is 0 Å². The van der Waals surface area contributed by atoms with Crippen LogP contribution in [0.2, 0.25) is 0 Å². The van der Waals surface area contributed by atoms with Crippen LogP contribution in [0.1, 0.15) is 5.56 Å². The van der Waals surface area contributed by atoms with Crippen molar-refractivity contribution in [2.24, 2.45) is 10.8 Å². The number of amides is 2. The second-order valence-electron chi connectivity index (χ2n) is 2.56. The van der Waals surface area contributed by atoms with Crippen LogP contribution in [0.4, 0.5) is 4.79 Å². The van der Waals surface area contributed by atoms with Gasteiger partial charge in [-0.3, -0.25) is 0 Å². The number of benzene rings is 1. The molecule has 0 spiro atoms. The van der Waals surface area contributed by atoms with Gasteiger partial charge in [0.15, 0.2) is 0 Å². The number of nitrogens with one attached hydrogen (secondary N) is 1. The van der Waals surface area contributed by atoms with E-state index in [0.717, 1.165) is 7.14 Å². The van der Waals surface area contributed by atoms with E-state index < -0.39 is 6.03 Å². The Morgan fingerprint density at radius 1 is 1.53 bits per heavy atom. The molecule has 0 bridgehead atoms. The lowest BCUT2D eigenvalue weighted by Gasteiger charge is -2.02. The number of aromatic hydroxyl groups is 1. The van der Waals surface area contributed by atoms with E-state index in [1.165, 1.54) is 6.21 Å². The van der Waals surface area contributed by atoms with Crippen molar-refractivity contribution in [2.75, 3.05) is 0 Å². The fourth-order valence-corrected chi connectivity index (χ4v) is 2.74. The van der Waals surface area contributed by atoms with Crippen LogP contribution in [0.5, 0.6) is 5.75 Å². The highest BCUT2D eigenvalue weighted by atomic mass is 127. The van der Waals surface area contributed by atoms with Crippen molar-refractivity contribution in [3.05, 3.63) is 24.8 Å². The molecule has 4 N–H and O–H groups in total. The number of carbonyl (C=O) groups is 1. The van der Waals surface area contributed by atoms with Crippen LogP contribution in [0.15, 0.2) is 17.2 Å². The minimum absolute atomic E-state index is 0.131. The molecule has 5 nitrogen and oxygen atoms in total. The van der Waals surface area contributed by atoms with Gasteiger partial charge in [-0.05, 0) is 57.3 Å². The summed E-state index contributed by atoms with van der Waals surface area (Å²) >= 11 is 4.14. The van der Waals surface area contributed by atoms with E-state index in [4.69, 9.17) is 5.73 Å². The molecular formula is C8H7I2N3O2. The predicted octanol–water partition coefficient (Wildman–Crippen LogP) is 1.60. The Morgan fingerprint density at radius 3 is 2.80 bits per heavy atom. The highest BCUT2D eigenvalue weighted by Crippen LogP contribution is 2.25. The molecule has 0 aliphatic heterocycles. The maximum atomic E-state index is 10.3. The van der Waals surface area contributed by atoms with E-state index in [9.17, 15) is 9.90 Å². The van der Waals surface area contributed by atoms with E-state index in [-0.39, 0.29) is 5.75 Å². The summed E-state index contributed by atoms with van der Waals surface area (Å²) < 4.78 is 1.69. The molecule has 0 heterocycles. The Balaban J connectivity index is 2.94. The molecule has 1 rings (SSSR count). The Kier molecular flexibility index (Phi) is 4.57. The van der Waals surface area contributed by atoms with Gasteiger partial charge in [0.05, 0.1) is 9.78 Å². The van der Waals surface area contributed by atoms with Gasteiger partial charge in [-0.25, -0.2) is 10.2 Å². The number of hydrazone groups is 1. The number of nitrogens with zero attached hydrogens (tertiary/aromatic N) is 1. The number of halogens is 2. The van der Waals surface area contributed by atoms with Crippen molar-refractivity contribution < 1.29 is 9.90 Å². The monoisotopic (exact) mass is 431 g/mol. The fourth-order valence-electron chi connectivity index (χ4n) is 0.850. The Labute approximate surface area is 113 Å². The number of hydrogen-bond donors (Lipinski definition) is 3. The molecule has 80 valence electrons. The summed E-state index contributed by atoms with van der Waals surface area (Å²) in [5.41, 5.74) is 7.41. The lowest BCUT2D eigenvalue weighted by Crippen LogP contribution is -2.24. The quantitative estimate of drug-likeness (QED) is 0.378. The van der Waals surface area contributed by atoms with Crippen molar-refractivity contribution in [3.8, 4) is 5.75 Å². The van der Waals surface area contributed by atoms with Crippen molar-refractivity contribution in [2.45, 2.75) is 0 Å².